The largest absolute Gasteiger partial charge is 0.573 e. The molecule has 2 unspecified atom stereocenters. The minimum Gasteiger partial charge on any atom is -0.405 e. The second kappa shape index (κ2) is 6.45. The molecule has 0 aromatic heterocycles. The fraction of sp³-hybridized carbons (Fsp3) is 0.571. The van der Waals surface area contributed by atoms with Crippen molar-refractivity contribution in [2.45, 2.75) is 37.8 Å². The summed E-state index contributed by atoms with van der Waals surface area (Å²) in [5, 5.41) is 3.04. The van der Waals surface area contributed by atoms with E-state index in [9.17, 15) is 13.2 Å². The molecule has 0 amide bonds. The molecule has 0 radical (unpaired) electrons. The molecule has 20 heavy (non-hydrogen) atoms. The van der Waals surface area contributed by atoms with Gasteiger partial charge in [-0.15, -0.1) is 13.2 Å². The molecule has 0 saturated carbocycles. The lowest BCUT2D eigenvalue weighted by Gasteiger charge is -2.23. The van der Waals surface area contributed by atoms with Crippen molar-refractivity contribution in [1.29, 1.82) is 0 Å². The highest BCUT2D eigenvalue weighted by Crippen LogP contribution is 2.33. The Labute approximate surface area is 116 Å². The van der Waals surface area contributed by atoms with Gasteiger partial charge < -0.3 is 14.8 Å². The summed E-state index contributed by atoms with van der Waals surface area (Å²) in [6.07, 6.45) is -2.01. The Morgan fingerprint density at radius 2 is 2.15 bits per heavy atom. The molecule has 1 aromatic carbocycles. The number of hydrogen-bond donors (Lipinski definition) is 1. The average molecular weight is 289 g/mol. The lowest BCUT2D eigenvalue weighted by Crippen LogP contribution is -2.24. The van der Waals surface area contributed by atoms with Crippen LogP contribution in [0.3, 0.4) is 0 Å². The Kier molecular flexibility index (Phi) is 4.88. The second-order valence-corrected chi connectivity index (χ2v) is 4.80. The molecular formula is C14H18F3NO2. The van der Waals surface area contributed by atoms with Crippen LogP contribution in [0.5, 0.6) is 5.75 Å². The smallest absolute Gasteiger partial charge is 0.405 e. The van der Waals surface area contributed by atoms with Crippen molar-refractivity contribution in [3.63, 3.8) is 0 Å². The number of nitrogens with one attached hydrogen (secondary N) is 1. The zero-order chi connectivity index (χ0) is 14.6. The molecular weight excluding hydrogens is 271 g/mol. The van der Waals surface area contributed by atoms with E-state index in [4.69, 9.17) is 4.74 Å². The molecule has 0 bridgehead atoms. The van der Waals surface area contributed by atoms with Gasteiger partial charge >= 0.3 is 6.36 Å². The molecule has 3 nitrogen and oxygen atoms in total. The highest BCUT2D eigenvalue weighted by molar-refractivity contribution is 5.36. The molecule has 1 aliphatic heterocycles. The molecule has 1 saturated heterocycles. The van der Waals surface area contributed by atoms with Crippen molar-refractivity contribution in [3.8, 4) is 5.75 Å². The summed E-state index contributed by atoms with van der Waals surface area (Å²) in [4.78, 5) is 0. The third kappa shape index (κ3) is 4.11. The molecule has 1 N–H and O–H groups in total. The van der Waals surface area contributed by atoms with Crippen LogP contribution in [0.15, 0.2) is 24.3 Å². The van der Waals surface area contributed by atoms with Crippen molar-refractivity contribution in [2.24, 2.45) is 0 Å². The maximum atomic E-state index is 12.4. The lowest BCUT2D eigenvalue weighted by molar-refractivity contribution is -0.275. The predicted octanol–water partition coefficient (Wildman–Crippen LogP) is 3.41. The molecule has 0 spiro atoms. The maximum Gasteiger partial charge on any atom is 0.573 e. The molecule has 1 fully saturated rings. The van der Waals surface area contributed by atoms with Crippen LogP contribution < -0.4 is 10.1 Å². The van der Waals surface area contributed by atoms with E-state index in [1.54, 1.807) is 19.2 Å². The Bertz CT molecular complexity index is 431. The quantitative estimate of drug-likeness (QED) is 0.901. The monoisotopic (exact) mass is 289 g/mol. The molecule has 0 aliphatic carbocycles. The number of benzene rings is 1. The third-order valence-corrected chi connectivity index (χ3v) is 3.39. The number of hydrogen-bond acceptors (Lipinski definition) is 3. The van der Waals surface area contributed by atoms with Gasteiger partial charge in [-0.2, -0.15) is 0 Å². The van der Waals surface area contributed by atoms with E-state index in [0.29, 0.717) is 12.0 Å². The first kappa shape index (κ1) is 15.1. The van der Waals surface area contributed by atoms with Gasteiger partial charge in [0.25, 0.3) is 0 Å². The molecule has 1 aromatic rings. The highest BCUT2D eigenvalue weighted by atomic mass is 19.4. The normalized spacial score (nSPS) is 20.9. The third-order valence-electron chi connectivity index (χ3n) is 3.39. The summed E-state index contributed by atoms with van der Waals surface area (Å²) in [6.45, 7) is 0.724. The van der Waals surface area contributed by atoms with Crippen molar-refractivity contribution in [3.05, 3.63) is 29.8 Å². The summed E-state index contributed by atoms with van der Waals surface area (Å²) >= 11 is 0. The van der Waals surface area contributed by atoms with Gasteiger partial charge in [-0.3, -0.25) is 0 Å². The molecule has 1 aliphatic rings. The van der Waals surface area contributed by atoms with E-state index in [1.807, 2.05) is 0 Å². The van der Waals surface area contributed by atoms with Crippen molar-refractivity contribution in [2.75, 3.05) is 13.7 Å². The standard InChI is InChI=1S/C14H18F3NO2/c1-18-12(9-10-5-4-8-19-10)11-6-2-3-7-13(11)20-14(15,16)17/h2-3,6-7,10,12,18H,4-5,8-9H2,1H3. The molecule has 1 heterocycles. The van der Waals surface area contributed by atoms with Crippen LogP contribution >= 0.6 is 0 Å². The second-order valence-electron chi connectivity index (χ2n) is 4.80. The molecule has 6 heteroatoms. The van der Waals surface area contributed by atoms with Gasteiger partial charge in [-0.25, -0.2) is 0 Å². The summed E-state index contributed by atoms with van der Waals surface area (Å²) in [7, 11) is 1.73. The Balaban J connectivity index is 2.15. The first-order chi connectivity index (χ1) is 9.49. The maximum absolute atomic E-state index is 12.4. The number of ether oxygens (including phenoxy) is 2. The number of rotatable bonds is 5. The number of para-hydroxylation sites is 1. The van der Waals surface area contributed by atoms with Crippen LogP contribution in [-0.4, -0.2) is 26.1 Å². The van der Waals surface area contributed by atoms with Gasteiger partial charge in [0.15, 0.2) is 0 Å². The predicted molar refractivity (Wildman–Crippen MR) is 68.5 cm³/mol. The number of halogens is 3. The van der Waals surface area contributed by atoms with Gasteiger partial charge in [-0.1, -0.05) is 18.2 Å². The van der Waals surface area contributed by atoms with Crippen LogP contribution in [0.2, 0.25) is 0 Å². The highest BCUT2D eigenvalue weighted by Gasteiger charge is 2.33. The van der Waals surface area contributed by atoms with E-state index < -0.39 is 6.36 Å². The molecule has 112 valence electrons. The van der Waals surface area contributed by atoms with Crippen molar-refractivity contribution >= 4 is 0 Å². The van der Waals surface area contributed by atoms with E-state index in [1.165, 1.54) is 12.1 Å². The van der Waals surface area contributed by atoms with Gasteiger partial charge in [0, 0.05) is 18.2 Å². The van der Waals surface area contributed by atoms with Crippen molar-refractivity contribution < 1.29 is 22.6 Å². The minimum atomic E-state index is -4.68. The first-order valence-corrected chi connectivity index (χ1v) is 6.63. The van der Waals surface area contributed by atoms with E-state index in [0.717, 1.165) is 19.4 Å². The Hall–Kier alpha value is -1.27. The SMILES string of the molecule is CNC(CC1CCCO1)c1ccccc1OC(F)(F)F. The van der Waals surface area contributed by atoms with E-state index in [-0.39, 0.29) is 17.9 Å². The summed E-state index contributed by atoms with van der Waals surface area (Å²) in [5.41, 5.74) is 0.503. The van der Waals surface area contributed by atoms with Crippen LogP contribution in [0.4, 0.5) is 13.2 Å². The van der Waals surface area contributed by atoms with Crippen LogP contribution in [0.25, 0.3) is 0 Å². The van der Waals surface area contributed by atoms with Crippen LogP contribution in [0.1, 0.15) is 30.9 Å². The van der Waals surface area contributed by atoms with Gasteiger partial charge in [0.2, 0.25) is 0 Å². The van der Waals surface area contributed by atoms with Crippen LogP contribution in [0, 0.1) is 0 Å². The summed E-state index contributed by atoms with van der Waals surface area (Å²) in [6, 6.07) is 6.00. The van der Waals surface area contributed by atoms with Crippen LogP contribution in [-0.2, 0) is 4.74 Å². The summed E-state index contributed by atoms with van der Waals surface area (Å²) < 4.78 is 46.9. The molecule has 2 atom stereocenters. The fourth-order valence-corrected chi connectivity index (χ4v) is 2.48. The Morgan fingerprint density at radius 3 is 2.75 bits per heavy atom. The zero-order valence-electron chi connectivity index (χ0n) is 11.2. The Morgan fingerprint density at radius 1 is 1.40 bits per heavy atom. The zero-order valence-corrected chi connectivity index (χ0v) is 11.2. The first-order valence-electron chi connectivity index (χ1n) is 6.63. The van der Waals surface area contributed by atoms with Gasteiger partial charge in [-0.05, 0) is 32.4 Å². The molecule has 2 rings (SSSR count). The average Bonchev–Trinajstić information content (AvgIpc) is 2.88. The lowest BCUT2D eigenvalue weighted by atomic mass is 9.98. The van der Waals surface area contributed by atoms with Gasteiger partial charge in [0.05, 0.1) is 6.10 Å². The fourth-order valence-electron chi connectivity index (χ4n) is 2.48. The number of alkyl halides is 3. The summed E-state index contributed by atoms with van der Waals surface area (Å²) in [5.74, 6) is -0.155. The van der Waals surface area contributed by atoms with Gasteiger partial charge in [0.1, 0.15) is 5.75 Å². The minimum absolute atomic E-state index is 0.0893. The van der Waals surface area contributed by atoms with Crippen molar-refractivity contribution in [1.82, 2.24) is 5.32 Å². The van der Waals surface area contributed by atoms with E-state index >= 15 is 0 Å². The topological polar surface area (TPSA) is 30.5 Å². The van der Waals surface area contributed by atoms with E-state index in [2.05, 4.69) is 10.1 Å².